The van der Waals surface area contributed by atoms with Gasteiger partial charge in [-0.3, -0.25) is 14.9 Å². The minimum absolute atomic E-state index is 0.204. The first-order chi connectivity index (χ1) is 22.9. The van der Waals surface area contributed by atoms with Crippen molar-refractivity contribution in [1.29, 1.82) is 0 Å². The van der Waals surface area contributed by atoms with Gasteiger partial charge < -0.3 is 14.2 Å². The van der Waals surface area contributed by atoms with Gasteiger partial charge in [0.1, 0.15) is 24.5 Å². The molecule has 4 amide bonds. The summed E-state index contributed by atoms with van der Waals surface area (Å²) >= 11 is 0. The van der Waals surface area contributed by atoms with Crippen LogP contribution in [-0.2, 0) is 29.2 Å². The number of imide groups is 2. The van der Waals surface area contributed by atoms with E-state index in [9.17, 15) is 14.4 Å². The van der Waals surface area contributed by atoms with Crippen molar-refractivity contribution >= 4 is 40.4 Å². The summed E-state index contributed by atoms with van der Waals surface area (Å²) < 4.78 is 17.9. The molecule has 8 heteroatoms. The number of anilines is 1. The molecule has 5 aromatic carbocycles. The lowest BCUT2D eigenvalue weighted by atomic mass is 10.0. The van der Waals surface area contributed by atoms with Gasteiger partial charge >= 0.3 is 6.03 Å². The fourth-order valence-corrected chi connectivity index (χ4v) is 5.45. The summed E-state index contributed by atoms with van der Waals surface area (Å²) in [5.41, 5.74) is 3.39. The van der Waals surface area contributed by atoms with E-state index in [1.165, 1.54) is 13.2 Å². The van der Waals surface area contributed by atoms with Gasteiger partial charge in [0.15, 0.2) is 11.5 Å². The van der Waals surface area contributed by atoms with Crippen LogP contribution in [-0.4, -0.2) is 25.0 Å². The van der Waals surface area contributed by atoms with Crippen LogP contribution >= 0.6 is 0 Å². The number of methoxy groups -OCH3 is 1. The Morgan fingerprint density at radius 2 is 1.53 bits per heavy atom. The zero-order valence-corrected chi connectivity index (χ0v) is 25.8. The van der Waals surface area contributed by atoms with Crippen LogP contribution in [0.15, 0.2) is 127 Å². The molecule has 0 aliphatic carbocycles. The van der Waals surface area contributed by atoms with Crippen LogP contribution in [0, 0.1) is 0 Å². The van der Waals surface area contributed by atoms with Gasteiger partial charge in [-0.15, -0.1) is 6.58 Å². The number of carbonyl (C=O) groups excluding carboxylic acids is 3. The molecule has 1 fully saturated rings. The Morgan fingerprint density at radius 1 is 0.787 bits per heavy atom. The van der Waals surface area contributed by atoms with Gasteiger partial charge in [0.25, 0.3) is 11.8 Å². The molecule has 1 saturated heterocycles. The maximum atomic E-state index is 13.6. The van der Waals surface area contributed by atoms with Gasteiger partial charge in [0.2, 0.25) is 0 Å². The molecule has 6 rings (SSSR count). The molecular formula is C39H32N2O6. The number of ether oxygens (including phenoxy) is 3. The lowest BCUT2D eigenvalue weighted by molar-refractivity contribution is -0.122. The van der Waals surface area contributed by atoms with Crippen LogP contribution in [0.5, 0.6) is 17.2 Å². The van der Waals surface area contributed by atoms with Crippen molar-refractivity contribution in [1.82, 2.24) is 5.32 Å². The minimum atomic E-state index is -0.836. The third-order valence-electron chi connectivity index (χ3n) is 7.75. The molecule has 234 valence electrons. The Hall–Kier alpha value is -6.15. The van der Waals surface area contributed by atoms with Crippen molar-refractivity contribution in [3.63, 3.8) is 0 Å². The normalized spacial score (nSPS) is 13.9. The summed E-state index contributed by atoms with van der Waals surface area (Å²) in [4.78, 5) is 40.3. The summed E-state index contributed by atoms with van der Waals surface area (Å²) in [5, 5.41) is 4.49. The number of hydrogen-bond acceptors (Lipinski definition) is 6. The summed E-state index contributed by atoms with van der Waals surface area (Å²) in [6.45, 7) is 4.56. The lowest BCUT2D eigenvalue weighted by Crippen LogP contribution is -2.54. The minimum Gasteiger partial charge on any atom is -0.493 e. The molecule has 1 heterocycles. The topological polar surface area (TPSA) is 94.2 Å². The number of nitrogens with zero attached hydrogens (tertiary/aromatic N) is 1. The van der Waals surface area contributed by atoms with Gasteiger partial charge in [0.05, 0.1) is 12.8 Å². The van der Waals surface area contributed by atoms with E-state index in [2.05, 4.69) is 30.1 Å². The number of allylic oxidation sites excluding steroid dienone is 1. The van der Waals surface area contributed by atoms with Crippen molar-refractivity contribution in [2.24, 2.45) is 0 Å². The molecule has 0 radical (unpaired) electrons. The predicted molar refractivity (Wildman–Crippen MR) is 181 cm³/mol. The third-order valence-corrected chi connectivity index (χ3v) is 7.75. The zero-order valence-electron chi connectivity index (χ0n) is 25.8. The van der Waals surface area contributed by atoms with Crippen LogP contribution in [0.2, 0.25) is 0 Å². The highest BCUT2D eigenvalue weighted by Crippen LogP contribution is 2.36. The molecule has 0 unspecified atom stereocenters. The largest absolute Gasteiger partial charge is 0.493 e. The first-order valence-corrected chi connectivity index (χ1v) is 15.0. The number of fused-ring (bicyclic) bond motifs is 1. The summed E-state index contributed by atoms with van der Waals surface area (Å²) in [7, 11) is 1.53. The average molecular weight is 625 g/mol. The number of carbonyl (C=O) groups is 3. The maximum Gasteiger partial charge on any atom is 0.335 e. The van der Waals surface area contributed by atoms with Crippen LogP contribution in [0.25, 0.3) is 16.8 Å². The van der Waals surface area contributed by atoms with E-state index in [-0.39, 0.29) is 5.57 Å². The van der Waals surface area contributed by atoms with Gasteiger partial charge in [0, 0.05) is 5.56 Å². The van der Waals surface area contributed by atoms with E-state index in [0.717, 1.165) is 32.4 Å². The Bertz CT molecular complexity index is 2000. The van der Waals surface area contributed by atoms with Gasteiger partial charge in [-0.2, -0.15) is 0 Å². The van der Waals surface area contributed by atoms with E-state index in [4.69, 9.17) is 14.2 Å². The second-order valence-electron chi connectivity index (χ2n) is 10.9. The van der Waals surface area contributed by atoms with E-state index in [0.29, 0.717) is 48.1 Å². The summed E-state index contributed by atoms with van der Waals surface area (Å²) in [5.74, 6) is -0.0110. The van der Waals surface area contributed by atoms with E-state index >= 15 is 0 Å². The first-order valence-electron chi connectivity index (χ1n) is 15.0. The molecule has 0 aromatic heterocycles. The third kappa shape index (κ3) is 6.77. The van der Waals surface area contributed by atoms with E-state index in [1.54, 1.807) is 36.4 Å². The van der Waals surface area contributed by atoms with Crippen LogP contribution in [0.4, 0.5) is 10.5 Å². The van der Waals surface area contributed by atoms with Crippen LogP contribution < -0.4 is 24.4 Å². The molecule has 0 spiro atoms. The maximum absolute atomic E-state index is 13.6. The summed E-state index contributed by atoms with van der Waals surface area (Å²) in [6, 6.07) is 33.1. The van der Waals surface area contributed by atoms with Crippen LogP contribution in [0.1, 0.15) is 22.3 Å². The van der Waals surface area contributed by atoms with Crippen molar-refractivity contribution < 1.29 is 28.6 Å². The smallest absolute Gasteiger partial charge is 0.335 e. The monoisotopic (exact) mass is 624 g/mol. The molecule has 47 heavy (non-hydrogen) atoms. The van der Waals surface area contributed by atoms with Gasteiger partial charge in [-0.1, -0.05) is 78.9 Å². The number of hydrogen-bond donors (Lipinski definition) is 1. The number of rotatable bonds is 11. The number of benzene rings is 5. The zero-order chi connectivity index (χ0) is 32.8. The first kappa shape index (κ1) is 30.9. The molecule has 8 nitrogen and oxygen atoms in total. The predicted octanol–water partition coefficient (Wildman–Crippen LogP) is 7.40. The average Bonchev–Trinajstić information content (AvgIpc) is 3.09. The fourth-order valence-electron chi connectivity index (χ4n) is 5.45. The lowest BCUT2D eigenvalue weighted by Gasteiger charge is -2.26. The Morgan fingerprint density at radius 3 is 2.30 bits per heavy atom. The molecular weight excluding hydrogens is 592 g/mol. The molecule has 0 atom stereocenters. The Balaban J connectivity index is 1.25. The van der Waals surface area contributed by atoms with Crippen molar-refractivity contribution in [2.45, 2.75) is 19.6 Å². The fraction of sp³-hybridized carbons (Fsp3) is 0.103. The van der Waals surface area contributed by atoms with Gasteiger partial charge in [-0.25, -0.2) is 9.69 Å². The van der Waals surface area contributed by atoms with Gasteiger partial charge in [-0.05, 0) is 76.4 Å². The second-order valence-corrected chi connectivity index (χ2v) is 10.9. The Kier molecular flexibility index (Phi) is 9.11. The summed E-state index contributed by atoms with van der Waals surface area (Å²) in [6.07, 6.45) is 3.63. The second kappa shape index (κ2) is 13.9. The quantitative estimate of drug-likeness (QED) is 0.0935. The molecule has 1 aliphatic heterocycles. The van der Waals surface area contributed by atoms with Crippen molar-refractivity contribution in [2.75, 3.05) is 12.0 Å². The molecule has 0 saturated carbocycles. The molecule has 1 N–H and O–H groups in total. The number of amides is 4. The molecule has 1 aliphatic rings. The number of nitrogens with one attached hydrogen (secondary N) is 1. The standard InChI is InChI=1S/C39H32N2O6/c1-3-10-29-21-27(23-35(45-2)36(29)47-25-30-15-9-14-28-13-7-8-16-33(28)30)22-34-37(42)40-39(44)41(38(34)43)31-17-19-32(20-18-31)46-24-26-11-5-4-6-12-26/h3-9,11-23H,1,10,24-25H2,2H3,(H,40,42,44)/b34-22+. The van der Waals surface area contributed by atoms with E-state index < -0.39 is 17.8 Å². The molecule has 5 aromatic rings. The number of urea groups is 1. The number of barbiturate groups is 1. The van der Waals surface area contributed by atoms with Crippen molar-refractivity contribution in [3.8, 4) is 17.2 Å². The van der Waals surface area contributed by atoms with E-state index in [1.807, 2.05) is 60.7 Å². The highest BCUT2D eigenvalue weighted by Gasteiger charge is 2.37. The molecule has 0 bridgehead atoms. The highest BCUT2D eigenvalue weighted by molar-refractivity contribution is 6.39. The van der Waals surface area contributed by atoms with Crippen LogP contribution in [0.3, 0.4) is 0 Å². The Labute approximate surface area is 272 Å². The highest BCUT2D eigenvalue weighted by atomic mass is 16.5. The van der Waals surface area contributed by atoms with Crippen molar-refractivity contribution in [3.05, 3.63) is 150 Å². The SMILES string of the molecule is C=CCc1cc(/C=C2\C(=O)NC(=O)N(c3ccc(OCc4ccccc4)cc3)C2=O)cc(OC)c1OCc1cccc2ccccc12.